The first-order chi connectivity index (χ1) is 5.84. The van der Waals surface area contributed by atoms with E-state index in [1.54, 1.807) is 6.20 Å². The minimum atomic E-state index is -0.166. The SMILES string of the molecule is O=c1[nH]ccnc1SCCCO. The Hall–Kier alpha value is -0.810. The van der Waals surface area contributed by atoms with Crippen LogP contribution in [0.25, 0.3) is 0 Å². The summed E-state index contributed by atoms with van der Waals surface area (Å²) in [6.07, 6.45) is 3.72. The number of thioether (sulfide) groups is 1. The summed E-state index contributed by atoms with van der Waals surface area (Å²) in [5.74, 6) is 0.719. The molecule has 0 atom stereocenters. The fourth-order valence-corrected chi connectivity index (χ4v) is 1.47. The molecular weight excluding hydrogens is 176 g/mol. The van der Waals surface area contributed by atoms with Gasteiger partial charge in [-0.05, 0) is 6.42 Å². The van der Waals surface area contributed by atoms with E-state index in [4.69, 9.17) is 5.11 Å². The highest BCUT2D eigenvalue weighted by Gasteiger charge is 1.98. The molecule has 0 saturated carbocycles. The van der Waals surface area contributed by atoms with Crippen LogP contribution in [0.4, 0.5) is 0 Å². The molecular formula is C7H10N2O2S. The van der Waals surface area contributed by atoms with E-state index in [0.29, 0.717) is 11.4 Å². The third-order valence-electron chi connectivity index (χ3n) is 1.22. The van der Waals surface area contributed by atoms with Crippen LogP contribution < -0.4 is 5.56 Å². The maximum atomic E-state index is 11.0. The van der Waals surface area contributed by atoms with E-state index in [-0.39, 0.29) is 12.2 Å². The third kappa shape index (κ3) is 2.67. The zero-order valence-electron chi connectivity index (χ0n) is 6.49. The molecule has 1 heterocycles. The number of nitrogens with one attached hydrogen (secondary N) is 1. The molecule has 0 aliphatic heterocycles. The normalized spacial score (nSPS) is 10.1. The van der Waals surface area contributed by atoms with Gasteiger partial charge in [0, 0.05) is 24.8 Å². The molecule has 5 heteroatoms. The Morgan fingerprint density at radius 3 is 3.17 bits per heavy atom. The largest absolute Gasteiger partial charge is 0.396 e. The summed E-state index contributed by atoms with van der Waals surface area (Å²) in [6, 6.07) is 0. The lowest BCUT2D eigenvalue weighted by Crippen LogP contribution is -2.09. The van der Waals surface area contributed by atoms with Crippen LogP contribution in [0.1, 0.15) is 6.42 Å². The van der Waals surface area contributed by atoms with E-state index >= 15 is 0 Å². The van der Waals surface area contributed by atoms with Gasteiger partial charge in [0.1, 0.15) is 0 Å². The molecule has 2 N–H and O–H groups in total. The van der Waals surface area contributed by atoms with E-state index in [1.165, 1.54) is 18.0 Å². The van der Waals surface area contributed by atoms with Crippen molar-refractivity contribution >= 4 is 11.8 Å². The van der Waals surface area contributed by atoms with E-state index in [2.05, 4.69) is 9.97 Å². The zero-order chi connectivity index (χ0) is 8.81. The Balaban J connectivity index is 2.52. The van der Waals surface area contributed by atoms with Crippen LogP contribution in [0.5, 0.6) is 0 Å². The maximum absolute atomic E-state index is 11.0. The van der Waals surface area contributed by atoms with Gasteiger partial charge in [0.25, 0.3) is 5.56 Å². The van der Waals surface area contributed by atoms with Crippen LogP contribution in [-0.2, 0) is 0 Å². The van der Waals surface area contributed by atoms with Crippen molar-refractivity contribution in [1.29, 1.82) is 0 Å². The van der Waals surface area contributed by atoms with Crippen molar-refractivity contribution in [3.63, 3.8) is 0 Å². The van der Waals surface area contributed by atoms with Crippen LogP contribution in [0.2, 0.25) is 0 Å². The Morgan fingerprint density at radius 2 is 2.50 bits per heavy atom. The molecule has 0 bridgehead atoms. The second kappa shape index (κ2) is 4.95. The predicted molar refractivity (Wildman–Crippen MR) is 47.3 cm³/mol. The van der Waals surface area contributed by atoms with Gasteiger partial charge in [0.2, 0.25) is 0 Å². The van der Waals surface area contributed by atoms with Crippen LogP contribution in [-0.4, -0.2) is 27.4 Å². The fourth-order valence-electron chi connectivity index (χ4n) is 0.674. The van der Waals surface area contributed by atoms with Gasteiger partial charge in [-0.25, -0.2) is 4.98 Å². The van der Waals surface area contributed by atoms with E-state index < -0.39 is 0 Å². The average Bonchev–Trinajstić information content (AvgIpc) is 2.09. The number of H-pyrrole nitrogens is 1. The van der Waals surface area contributed by atoms with Crippen LogP contribution in [0, 0.1) is 0 Å². The van der Waals surface area contributed by atoms with Gasteiger partial charge in [0.15, 0.2) is 5.03 Å². The molecule has 0 aliphatic carbocycles. The molecule has 1 rings (SSSR count). The van der Waals surface area contributed by atoms with Gasteiger partial charge in [0.05, 0.1) is 0 Å². The minimum absolute atomic E-state index is 0.151. The number of rotatable bonds is 4. The van der Waals surface area contributed by atoms with Gasteiger partial charge < -0.3 is 10.1 Å². The van der Waals surface area contributed by atoms with E-state index in [9.17, 15) is 4.79 Å². The molecule has 0 radical (unpaired) electrons. The first-order valence-electron chi connectivity index (χ1n) is 3.62. The van der Waals surface area contributed by atoms with Crippen molar-refractivity contribution in [3.05, 3.63) is 22.7 Å². The second-order valence-electron chi connectivity index (χ2n) is 2.15. The van der Waals surface area contributed by atoms with Crippen LogP contribution in [0.15, 0.2) is 22.2 Å². The molecule has 0 saturated heterocycles. The molecule has 66 valence electrons. The Kier molecular flexibility index (Phi) is 3.83. The first kappa shape index (κ1) is 9.28. The molecule has 12 heavy (non-hydrogen) atoms. The van der Waals surface area contributed by atoms with Crippen LogP contribution in [0.3, 0.4) is 0 Å². The molecule has 1 aromatic heterocycles. The van der Waals surface area contributed by atoms with Crippen molar-refractivity contribution in [2.45, 2.75) is 11.4 Å². The standard InChI is InChI=1S/C7H10N2O2S/c10-4-1-5-12-7-6(11)8-2-3-9-7/h2-3,10H,1,4-5H2,(H,8,11). The molecule has 0 aliphatic rings. The van der Waals surface area contributed by atoms with Gasteiger partial charge in [-0.15, -0.1) is 11.8 Å². The number of aliphatic hydroxyl groups is 1. The summed E-state index contributed by atoms with van der Waals surface area (Å²) in [4.78, 5) is 17.4. The van der Waals surface area contributed by atoms with Crippen LogP contribution >= 0.6 is 11.8 Å². The van der Waals surface area contributed by atoms with Gasteiger partial charge in [-0.2, -0.15) is 0 Å². The van der Waals surface area contributed by atoms with Crippen molar-refractivity contribution in [2.75, 3.05) is 12.4 Å². The monoisotopic (exact) mass is 186 g/mol. The molecule has 0 spiro atoms. The summed E-state index contributed by atoms with van der Waals surface area (Å²) < 4.78 is 0. The minimum Gasteiger partial charge on any atom is -0.396 e. The zero-order valence-corrected chi connectivity index (χ0v) is 7.30. The summed E-state index contributed by atoms with van der Waals surface area (Å²) in [6.45, 7) is 0.151. The molecule has 4 nitrogen and oxygen atoms in total. The van der Waals surface area contributed by atoms with Crippen molar-refractivity contribution in [2.24, 2.45) is 0 Å². The number of aromatic nitrogens is 2. The summed E-state index contributed by atoms with van der Waals surface area (Å²) in [5, 5.41) is 8.96. The molecule has 0 aromatic carbocycles. The molecule has 1 aromatic rings. The van der Waals surface area contributed by atoms with Crippen molar-refractivity contribution < 1.29 is 5.11 Å². The Morgan fingerprint density at radius 1 is 1.67 bits per heavy atom. The van der Waals surface area contributed by atoms with Gasteiger partial charge >= 0.3 is 0 Å². The average molecular weight is 186 g/mol. The van der Waals surface area contributed by atoms with E-state index in [1.807, 2.05) is 0 Å². The van der Waals surface area contributed by atoms with Crippen molar-refractivity contribution in [3.8, 4) is 0 Å². The number of aliphatic hydroxyl groups excluding tert-OH is 1. The van der Waals surface area contributed by atoms with Gasteiger partial charge in [-0.3, -0.25) is 4.79 Å². The first-order valence-corrected chi connectivity index (χ1v) is 4.60. The third-order valence-corrected chi connectivity index (χ3v) is 2.27. The smallest absolute Gasteiger partial charge is 0.280 e. The highest BCUT2D eigenvalue weighted by molar-refractivity contribution is 7.99. The lowest BCUT2D eigenvalue weighted by molar-refractivity contribution is 0.296. The fraction of sp³-hybridized carbons (Fsp3) is 0.429. The Labute approximate surface area is 74.0 Å². The highest BCUT2D eigenvalue weighted by atomic mass is 32.2. The summed E-state index contributed by atoms with van der Waals surface area (Å²) in [7, 11) is 0. The summed E-state index contributed by atoms with van der Waals surface area (Å²) >= 11 is 1.36. The molecule has 0 unspecified atom stereocenters. The second-order valence-corrected chi connectivity index (χ2v) is 3.23. The predicted octanol–water partition coefficient (Wildman–Crippen LogP) is 0.244. The van der Waals surface area contributed by atoms with E-state index in [0.717, 1.165) is 5.75 Å². The summed E-state index contributed by atoms with van der Waals surface area (Å²) in [5.41, 5.74) is -0.166. The number of hydrogen-bond acceptors (Lipinski definition) is 4. The Bertz CT molecular complexity index is 287. The number of nitrogens with zero attached hydrogens (tertiary/aromatic N) is 1. The highest BCUT2D eigenvalue weighted by Crippen LogP contribution is 2.09. The maximum Gasteiger partial charge on any atom is 0.280 e. The quantitative estimate of drug-likeness (QED) is 0.522. The topological polar surface area (TPSA) is 66.0 Å². The molecule has 0 fully saturated rings. The molecule has 0 amide bonds. The number of aromatic amines is 1. The lowest BCUT2D eigenvalue weighted by Gasteiger charge is -1.96. The lowest BCUT2D eigenvalue weighted by atomic mass is 10.5. The van der Waals surface area contributed by atoms with Gasteiger partial charge in [-0.1, -0.05) is 0 Å². The number of hydrogen-bond donors (Lipinski definition) is 2. The van der Waals surface area contributed by atoms with Crippen molar-refractivity contribution in [1.82, 2.24) is 9.97 Å².